The quantitative estimate of drug-likeness (QED) is 0.813. The zero-order chi connectivity index (χ0) is 15.3. The molecule has 1 fully saturated rings. The van der Waals surface area contributed by atoms with Gasteiger partial charge in [0.25, 0.3) is 0 Å². The molecule has 4 nitrogen and oxygen atoms in total. The molecule has 2 heterocycles. The number of thiazole rings is 1. The minimum absolute atomic E-state index is 0.0591. The van der Waals surface area contributed by atoms with Crippen LogP contribution >= 0.6 is 11.3 Å². The summed E-state index contributed by atoms with van der Waals surface area (Å²) in [6.45, 7) is 9.77. The molecule has 120 valence electrons. The van der Waals surface area contributed by atoms with Crippen molar-refractivity contribution in [3.63, 3.8) is 0 Å². The van der Waals surface area contributed by atoms with Gasteiger partial charge >= 0.3 is 0 Å². The molecule has 0 atom stereocenters. The number of piperidine rings is 1. The summed E-state index contributed by atoms with van der Waals surface area (Å²) in [5.41, 5.74) is 1.18. The first-order chi connectivity index (χ1) is 10.1. The Morgan fingerprint density at radius 1 is 1.38 bits per heavy atom. The summed E-state index contributed by atoms with van der Waals surface area (Å²) in [7, 11) is 0. The number of aryl methyl sites for hydroxylation is 1. The van der Waals surface area contributed by atoms with E-state index in [4.69, 9.17) is 0 Å². The van der Waals surface area contributed by atoms with Crippen LogP contribution in [-0.4, -0.2) is 42.4 Å². The highest BCUT2D eigenvalue weighted by atomic mass is 32.1. The van der Waals surface area contributed by atoms with Crippen molar-refractivity contribution in [3.05, 3.63) is 11.1 Å². The number of aliphatic hydroxyl groups is 1. The maximum Gasteiger partial charge on any atom is 0.185 e. The predicted molar refractivity (Wildman–Crippen MR) is 90.2 cm³/mol. The van der Waals surface area contributed by atoms with Crippen LogP contribution in [0.4, 0.5) is 5.13 Å². The van der Waals surface area contributed by atoms with Crippen LogP contribution in [0.3, 0.4) is 0 Å². The molecular weight excluding hydrogens is 282 g/mol. The summed E-state index contributed by atoms with van der Waals surface area (Å²) >= 11 is 1.75. The average Bonchev–Trinajstić information content (AvgIpc) is 2.96. The number of rotatable bonds is 7. The summed E-state index contributed by atoms with van der Waals surface area (Å²) in [4.78, 5) is 6.97. The molecule has 1 aromatic heterocycles. The minimum Gasteiger partial charge on any atom is -0.396 e. The molecule has 0 saturated carbocycles. The van der Waals surface area contributed by atoms with Gasteiger partial charge in [0.15, 0.2) is 5.13 Å². The van der Waals surface area contributed by atoms with E-state index in [0.717, 1.165) is 56.1 Å². The van der Waals surface area contributed by atoms with E-state index in [9.17, 15) is 5.11 Å². The highest BCUT2D eigenvalue weighted by Gasteiger charge is 2.27. The third-order valence-electron chi connectivity index (χ3n) is 4.97. The molecule has 0 amide bonds. The summed E-state index contributed by atoms with van der Waals surface area (Å²) < 4.78 is 0. The number of hydrogen-bond donors (Lipinski definition) is 2. The van der Waals surface area contributed by atoms with E-state index < -0.39 is 0 Å². The van der Waals surface area contributed by atoms with Gasteiger partial charge in [-0.15, -0.1) is 11.3 Å². The molecule has 21 heavy (non-hydrogen) atoms. The topological polar surface area (TPSA) is 48.4 Å². The predicted octanol–water partition coefficient (Wildman–Crippen LogP) is 2.81. The van der Waals surface area contributed by atoms with E-state index in [1.165, 1.54) is 0 Å². The molecule has 0 bridgehead atoms. The van der Waals surface area contributed by atoms with Gasteiger partial charge in [0.05, 0.1) is 5.69 Å². The number of anilines is 1. The number of hydrogen-bond acceptors (Lipinski definition) is 5. The molecule has 1 saturated heterocycles. The second kappa shape index (κ2) is 7.56. The lowest BCUT2D eigenvalue weighted by Gasteiger charge is -2.36. The fraction of sp³-hybridized carbons (Fsp3) is 0.812. The highest BCUT2D eigenvalue weighted by Crippen LogP contribution is 2.26. The lowest BCUT2D eigenvalue weighted by molar-refractivity contribution is 0.108. The first-order valence-electron chi connectivity index (χ1n) is 8.14. The van der Waals surface area contributed by atoms with Gasteiger partial charge in [-0.1, -0.05) is 13.8 Å². The van der Waals surface area contributed by atoms with E-state index in [1.54, 1.807) is 11.3 Å². The van der Waals surface area contributed by atoms with Crippen LogP contribution in [0.15, 0.2) is 5.38 Å². The van der Waals surface area contributed by atoms with E-state index >= 15 is 0 Å². The third kappa shape index (κ3) is 4.18. The van der Waals surface area contributed by atoms with Crippen molar-refractivity contribution in [3.8, 4) is 0 Å². The summed E-state index contributed by atoms with van der Waals surface area (Å²) in [5, 5.41) is 16.6. The smallest absolute Gasteiger partial charge is 0.185 e. The largest absolute Gasteiger partial charge is 0.396 e. The van der Waals surface area contributed by atoms with Crippen molar-refractivity contribution >= 4 is 16.5 Å². The molecule has 1 aromatic rings. The Morgan fingerprint density at radius 2 is 2.05 bits per heavy atom. The van der Waals surface area contributed by atoms with Crippen LogP contribution in [0.1, 0.15) is 45.2 Å². The Balaban J connectivity index is 1.79. The fourth-order valence-electron chi connectivity index (χ4n) is 2.90. The SMILES string of the molecule is CCC(CC)(CO)CNC1CCN(c2nc(C)cs2)CC1. The Hall–Kier alpha value is -0.650. The maximum atomic E-state index is 9.64. The molecule has 1 aliphatic rings. The van der Waals surface area contributed by atoms with Gasteiger partial charge in [0.2, 0.25) is 0 Å². The lowest BCUT2D eigenvalue weighted by Crippen LogP contribution is -2.47. The van der Waals surface area contributed by atoms with Crippen molar-refractivity contribution in [2.45, 2.75) is 52.5 Å². The summed E-state index contributed by atoms with van der Waals surface area (Å²) in [6, 6.07) is 0.575. The van der Waals surface area contributed by atoms with E-state index in [2.05, 4.69) is 41.4 Å². The summed E-state index contributed by atoms with van der Waals surface area (Å²) in [5.74, 6) is 0. The fourth-order valence-corrected chi connectivity index (χ4v) is 3.76. The molecule has 2 N–H and O–H groups in total. The van der Waals surface area contributed by atoms with Gasteiger partial charge in [-0.3, -0.25) is 0 Å². The van der Waals surface area contributed by atoms with Crippen LogP contribution in [0.2, 0.25) is 0 Å². The maximum absolute atomic E-state index is 9.64. The number of nitrogens with zero attached hydrogens (tertiary/aromatic N) is 2. The molecule has 0 unspecified atom stereocenters. The third-order valence-corrected chi connectivity index (χ3v) is 5.99. The molecule has 5 heteroatoms. The van der Waals surface area contributed by atoms with E-state index in [1.807, 2.05) is 0 Å². The van der Waals surface area contributed by atoms with Gasteiger partial charge in [0, 0.05) is 43.1 Å². The average molecular weight is 311 g/mol. The molecule has 0 aromatic carbocycles. The second-order valence-corrected chi connectivity index (χ2v) is 7.12. The van der Waals surface area contributed by atoms with Gasteiger partial charge in [-0.25, -0.2) is 4.98 Å². The molecule has 0 aliphatic carbocycles. The summed E-state index contributed by atoms with van der Waals surface area (Å²) in [6.07, 6.45) is 4.38. The molecule has 1 aliphatic heterocycles. The van der Waals surface area contributed by atoms with Crippen molar-refractivity contribution < 1.29 is 5.11 Å². The first-order valence-corrected chi connectivity index (χ1v) is 9.01. The van der Waals surface area contributed by atoms with Gasteiger partial charge in [-0.2, -0.15) is 0 Å². The van der Waals surface area contributed by atoms with Crippen molar-refractivity contribution in [2.24, 2.45) is 5.41 Å². The van der Waals surface area contributed by atoms with E-state index in [0.29, 0.717) is 6.04 Å². The van der Waals surface area contributed by atoms with Crippen molar-refractivity contribution in [1.29, 1.82) is 0 Å². The standard InChI is InChI=1S/C16H29N3OS/c1-4-16(5-2,12-20)11-17-14-6-8-19(9-7-14)15-18-13(3)10-21-15/h10,14,17,20H,4-9,11-12H2,1-3H3. The number of nitrogens with one attached hydrogen (secondary N) is 1. The van der Waals surface area contributed by atoms with E-state index in [-0.39, 0.29) is 12.0 Å². The second-order valence-electron chi connectivity index (χ2n) is 6.28. The van der Waals surface area contributed by atoms with Crippen LogP contribution in [0.25, 0.3) is 0 Å². The lowest BCUT2D eigenvalue weighted by atomic mass is 9.83. The van der Waals surface area contributed by atoms with Crippen molar-refractivity contribution in [1.82, 2.24) is 10.3 Å². The van der Waals surface area contributed by atoms with Crippen LogP contribution in [-0.2, 0) is 0 Å². The van der Waals surface area contributed by atoms with Gasteiger partial charge < -0.3 is 15.3 Å². The molecular formula is C16H29N3OS. The first kappa shape index (κ1) is 16.7. The van der Waals surface area contributed by atoms with Crippen molar-refractivity contribution in [2.75, 3.05) is 31.1 Å². The Kier molecular flexibility index (Phi) is 6.02. The minimum atomic E-state index is 0.0591. The number of aromatic nitrogens is 1. The molecule has 2 rings (SSSR count). The number of aliphatic hydroxyl groups excluding tert-OH is 1. The zero-order valence-corrected chi connectivity index (χ0v) is 14.4. The molecule has 0 radical (unpaired) electrons. The highest BCUT2D eigenvalue weighted by molar-refractivity contribution is 7.13. The van der Waals surface area contributed by atoms with Gasteiger partial charge in [0.1, 0.15) is 0 Å². The van der Waals surface area contributed by atoms with Gasteiger partial charge in [-0.05, 0) is 32.6 Å². The van der Waals surface area contributed by atoms with Crippen LogP contribution < -0.4 is 10.2 Å². The normalized spacial score (nSPS) is 17.4. The van der Waals surface area contributed by atoms with Crippen LogP contribution in [0, 0.1) is 12.3 Å². The Bertz CT molecular complexity index is 415. The molecule has 0 spiro atoms. The Morgan fingerprint density at radius 3 is 2.52 bits per heavy atom. The monoisotopic (exact) mass is 311 g/mol. The van der Waals surface area contributed by atoms with Crippen LogP contribution in [0.5, 0.6) is 0 Å². The Labute approximate surface area is 132 Å². The zero-order valence-electron chi connectivity index (χ0n) is 13.6.